The fraction of sp³-hybridized carbons (Fsp3) is 0.474. The normalized spacial score (nSPS) is 11.3. The van der Waals surface area contributed by atoms with E-state index in [9.17, 15) is 14.7 Å². The van der Waals surface area contributed by atoms with Crippen LogP contribution in [0, 0.1) is 0 Å². The summed E-state index contributed by atoms with van der Waals surface area (Å²) in [5.74, 6) is -0.143. The first-order valence-corrected chi connectivity index (χ1v) is 8.40. The van der Waals surface area contributed by atoms with Gasteiger partial charge in [0.05, 0.1) is 0 Å². The number of aromatic hydroxyl groups is 1. The molecule has 0 saturated carbocycles. The van der Waals surface area contributed by atoms with E-state index in [2.05, 4.69) is 6.92 Å². The second-order valence-electron chi connectivity index (χ2n) is 6.40. The molecule has 1 aromatic heterocycles. The number of phenolic OH excluding ortho intramolecular Hbond substituents is 1. The van der Waals surface area contributed by atoms with Gasteiger partial charge in [-0.2, -0.15) is 0 Å². The molecule has 130 valence electrons. The Morgan fingerprint density at radius 2 is 1.96 bits per heavy atom. The standard InChI is InChI=1S/C19H25NO4/c1-4-5-6-7-13-10-14(21)11-18-15(13)12-16(19(23)24-18)17(22)8-9-20(2)3/h10-12,21H,4-9H2,1-3H3. The van der Waals surface area contributed by atoms with Gasteiger partial charge in [-0.3, -0.25) is 4.79 Å². The van der Waals surface area contributed by atoms with Crippen LogP contribution in [-0.4, -0.2) is 36.4 Å². The predicted molar refractivity (Wildman–Crippen MR) is 94.9 cm³/mol. The number of carbonyl (C=O) groups excluding carboxylic acids is 1. The van der Waals surface area contributed by atoms with Crippen molar-refractivity contribution in [2.45, 2.75) is 39.0 Å². The van der Waals surface area contributed by atoms with E-state index >= 15 is 0 Å². The van der Waals surface area contributed by atoms with Crippen LogP contribution in [-0.2, 0) is 6.42 Å². The predicted octanol–water partition coefficient (Wildman–Crippen LogP) is 3.37. The molecule has 0 aliphatic rings. The number of nitrogens with zero attached hydrogens (tertiary/aromatic N) is 1. The number of hydrogen-bond donors (Lipinski definition) is 1. The number of benzene rings is 1. The highest BCUT2D eigenvalue weighted by Gasteiger charge is 2.16. The zero-order valence-electron chi connectivity index (χ0n) is 14.6. The first-order chi connectivity index (χ1) is 11.4. The van der Waals surface area contributed by atoms with Gasteiger partial charge in [-0.1, -0.05) is 19.8 Å². The van der Waals surface area contributed by atoms with Gasteiger partial charge in [-0.05, 0) is 44.6 Å². The Kier molecular flexibility index (Phi) is 6.15. The number of carbonyl (C=O) groups is 1. The van der Waals surface area contributed by atoms with Crippen molar-refractivity contribution in [1.82, 2.24) is 4.90 Å². The van der Waals surface area contributed by atoms with Crippen molar-refractivity contribution in [2.75, 3.05) is 20.6 Å². The molecule has 1 heterocycles. The molecule has 0 unspecified atom stereocenters. The lowest BCUT2D eigenvalue weighted by Gasteiger charge is -2.10. The van der Waals surface area contributed by atoms with Gasteiger partial charge in [0.1, 0.15) is 16.9 Å². The summed E-state index contributed by atoms with van der Waals surface area (Å²) in [7, 11) is 3.76. The SMILES string of the molecule is CCCCCc1cc(O)cc2oc(=O)c(C(=O)CCN(C)C)cc12. The number of unbranched alkanes of at least 4 members (excludes halogenated alkanes) is 2. The zero-order chi connectivity index (χ0) is 17.7. The minimum Gasteiger partial charge on any atom is -0.508 e. The maximum Gasteiger partial charge on any atom is 0.347 e. The van der Waals surface area contributed by atoms with E-state index in [0.717, 1.165) is 36.6 Å². The van der Waals surface area contributed by atoms with E-state index in [1.54, 1.807) is 12.1 Å². The monoisotopic (exact) mass is 331 g/mol. The van der Waals surface area contributed by atoms with E-state index in [1.165, 1.54) is 6.07 Å². The number of phenols is 1. The molecular weight excluding hydrogens is 306 g/mol. The number of fused-ring (bicyclic) bond motifs is 1. The quantitative estimate of drug-likeness (QED) is 0.456. The van der Waals surface area contributed by atoms with Gasteiger partial charge < -0.3 is 14.4 Å². The van der Waals surface area contributed by atoms with Crippen LogP contribution >= 0.6 is 0 Å². The summed E-state index contributed by atoms with van der Waals surface area (Å²) in [6.07, 6.45) is 4.21. The van der Waals surface area contributed by atoms with Crippen LogP contribution in [0.3, 0.4) is 0 Å². The number of Topliss-reactive ketones (excluding diaryl/α,β-unsaturated/α-hetero) is 1. The average molecular weight is 331 g/mol. The van der Waals surface area contributed by atoms with Crippen molar-refractivity contribution in [2.24, 2.45) is 0 Å². The Balaban J connectivity index is 2.42. The van der Waals surface area contributed by atoms with Crippen LogP contribution in [0.1, 0.15) is 48.5 Å². The summed E-state index contributed by atoms with van der Waals surface area (Å²) in [6, 6.07) is 4.74. The van der Waals surface area contributed by atoms with Gasteiger partial charge >= 0.3 is 5.63 Å². The second kappa shape index (κ2) is 8.11. The van der Waals surface area contributed by atoms with Gasteiger partial charge in [0.2, 0.25) is 0 Å². The van der Waals surface area contributed by atoms with Gasteiger partial charge in [-0.25, -0.2) is 4.79 Å². The lowest BCUT2D eigenvalue weighted by Crippen LogP contribution is -2.20. The van der Waals surface area contributed by atoms with E-state index < -0.39 is 5.63 Å². The van der Waals surface area contributed by atoms with Crippen molar-refractivity contribution in [3.63, 3.8) is 0 Å². The molecule has 0 spiro atoms. The van der Waals surface area contributed by atoms with Crippen LogP contribution in [0.4, 0.5) is 0 Å². The fourth-order valence-electron chi connectivity index (χ4n) is 2.70. The first-order valence-electron chi connectivity index (χ1n) is 8.40. The van der Waals surface area contributed by atoms with Crippen molar-refractivity contribution >= 4 is 16.8 Å². The second-order valence-corrected chi connectivity index (χ2v) is 6.40. The molecular formula is C19H25NO4. The molecule has 2 aromatic rings. The fourth-order valence-corrected chi connectivity index (χ4v) is 2.70. The smallest absolute Gasteiger partial charge is 0.347 e. The Labute approximate surface area is 141 Å². The molecule has 0 amide bonds. The number of aryl methyl sites for hydroxylation is 1. The lowest BCUT2D eigenvalue weighted by molar-refractivity contribution is 0.0969. The lowest BCUT2D eigenvalue weighted by atomic mass is 10.00. The van der Waals surface area contributed by atoms with Crippen molar-refractivity contribution in [3.05, 3.63) is 39.7 Å². The minimum atomic E-state index is -0.642. The van der Waals surface area contributed by atoms with Crippen LogP contribution in [0.5, 0.6) is 5.75 Å². The van der Waals surface area contributed by atoms with Crippen molar-refractivity contribution in [3.8, 4) is 5.75 Å². The molecule has 2 rings (SSSR count). The molecule has 5 nitrogen and oxygen atoms in total. The number of ketones is 1. The minimum absolute atomic E-state index is 0.0730. The molecule has 0 saturated heterocycles. The third kappa shape index (κ3) is 4.45. The molecule has 24 heavy (non-hydrogen) atoms. The highest BCUT2D eigenvalue weighted by Crippen LogP contribution is 2.26. The van der Waals surface area contributed by atoms with Crippen molar-refractivity contribution < 1.29 is 14.3 Å². The number of rotatable bonds is 8. The Bertz CT molecular complexity index is 777. The molecule has 0 aliphatic carbocycles. The van der Waals surface area contributed by atoms with Crippen molar-refractivity contribution in [1.29, 1.82) is 0 Å². The molecule has 0 atom stereocenters. The Hall–Kier alpha value is -2.14. The summed E-state index contributed by atoms with van der Waals surface area (Å²) in [4.78, 5) is 26.3. The van der Waals surface area contributed by atoms with E-state index in [1.807, 2.05) is 19.0 Å². The van der Waals surface area contributed by atoms with Gasteiger partial charge in [0, 0.05) is 24.4 Å². The average Bonchev–Trinajstić information content (AvgIpc) is 2.52. The highest BCUT2D eigenvalue weighted by atomic mass is 16.4. The third-order valence-electron chi connectivity index (χ3n) is 4.06. The molecule has 0 fully saturated rings. The van der Waals surface area contributed by atoms with Gasteiger partial charge in [-0.15, -0.1) is 0 Å². The summed E-state index contributed by atoms with van der Waals surface area (Å²) in [6.45, 7) is 2.70. The maximum atomic E-state index is 12.3. The van der Waals surface area contributed by atoms with E-state index in [0.29, 0.717) is 12.1 Å². The third-order valence-corrected chi connectivity index (χ3v) is 4.06. The van der Waals surface area contributed by atoms with Crippen LogP contribution < -0.4 is 5.63 Å². The maximum absolute atomic E-state index is 12.3. The molecule has 1 N–H and O–H groups in total. The van der Waals surface area contributed by atoms with E-state index in [-0.39, 0.29) is 23.5 Å². The zero-order valence-corrected chi connectivity index (χ0v) is 14.6. The molecule has 0 bridgehead atoms. The topological polar surface area (TPSA) is 70.8 Å². The summed E-state index contributed by atoms with van der Waals surface area (Å²) in [5, 5.41) is 10.6. The summed E-state index contributed by atoms with van der Waals surface area (Å²) < 4.78 is 5.30. The molecule has 5 heteroatoms. The van der Waals surface area contributed by atoms with E-state index in [4.69, 9.17) is 4.42 Å². The number of hydrogen-bond acceptors (Lipinski definition) is 5. The Morgan fingerprint density at radius 3 is 2.62 bits per heavy atom. The Morgan fingerprint density at radius 1 is 1.21 bits per heavy atom. The summed E-state index contributed by atoms with van der Waals surface area (Å²) >= 11 is 0. The van der Waals surface area contributed by atoms with Crippen LogP contribution in [0.2, 0.25) is 0 Å². The van der Waals surface area contributed by atoms with Crippen LogP contribution in [0.25, 0.3) is 11.0 Å². The van der Waals surface area contributed by atoms with Gasteiger partial charge in [0.25, 0.3) is 0 Å². The largest absolute Gasteiger partial charge is 0.508 e. The van der Waals surface area contributed by atoms with Gasteiger partial charge in [0.15, 0.2) is 5.78 Å². The summed E-state index contributed by atoms with van der Waals surface area (Å²) in [5.41, 5.74) is 0.683. The highest BCUT2D eigenvalue weighted by molar-refractivity contribution is 5.99. The molecule has 0 aliphatic heterocycles. The van der Waals surface area contributed by atoms with Crippen LogP contribution in [0.15, 0.2) is 27.4 Å². The molecule has 1 aromatic carbocycles. The first kappa shape index (κ1) is 18.2. The molecule has 0 radical (unpaired) electrons.